The Morgan fingerprint density at radius 3 is 2.60 bits per heavy atom. The Morgan fingerprint density at radius 1 is 1.47 bits per heavy atom. The summed E-state index contributed by atoms with van der Waals surface area (Å²) in [5, 5.41) is 2.67. The highest BCUT2D eigenvalue weighted by molar-refractivity contribution is 9.11. The standard InChI is InChI=1S/C11H13BrN2O/c1-8(12)7-14-11(15)10(13)9-5-3-2-4-6-9/h2-6,10H,1,7,13H2,(H,14,15). The van der Waals surface area contributed by atoms with Gasteiger partial charge in [-0.1, -0.05) is 52.8 Å². The van der Waals surface area contributed by atoms with E-state index in [4.69, 9.17) is 5.73 Å². The van der Waals surface area contributed by atoms with E-state index in [9.17, 15) is 4.79 Å². The van der Waals surface area contributed by atoms with Crippen molar-refractivity contribution < 1.29 is 4.79 Å². The average molecular weight is 269 g/mol. The number of halogens is 1. The van der Waals surface area contributed by atoms with E-state index >= 15 is 0 Å². The maximum Gasteiger partial charge on any atom is 0.241 e. The molecule has 1 rings (SSSR count). The summed E-state index contributed by atoms with van der Waals surface area (Å²) in [6, 6.07) is 8.62. The number of hydrogen-bond donors (Lipinski definition) is 2. The number of carbonyl (C=O) groups excluding carboxylic acids is 1. The van der Waals surface area contributed by atoms with Gasteiger partial charge in [0.25, 0.3) is 0 Å². The molecule has 0 bridgehead atoms. The van der Waals surface area contributed by atoms with E-state index < -0.39 is 6.04 Å². The van der Waals surface area contributed by atoms with Crippen LogP contribution in [0.2, 0.25) is 0 Å². The monoisotopic (exact) mass is 268 g/mol. The van der Waals surface area contributed by atoms with Gasteiger partial charge in [0, 0.05) is 11.0 Å². The SMILES string of the molecule is C=C(Br)CNC(=O)C(N)c1ccccc1. The van der Waals surface area contributed by atoms with Crippen molar-refractivity contribution in [3.8, 4) is 0 Å². The van der Waals surface area contributed by atoms with Gasteiger partial charge < -0.3 is 11.1 Å². The van der Waals surface area contributed by atoms with E-state index in [0.29, 0.717) is 6.54 Å². The molecule has 4 heteroatoms. The Hall–Kier alpha value is -1.13. The van der Waals surface area contributed by atoms with Crippen LogP contribution in [0.4, 0.5) is 0 Å². The molecule has 1 aromatic carbocycles. The smallest absolute Gasteiger partial charge is 0.241 e. The fourth-order valence-electron chi connectivity index (χ4n) is 1.10. The number of benzene rings is 1. The molecule has 80 valence electrons. The molecule has 0 spiro atoms. The minimum Gasteiger partial charge on any atom is -0.350 e. The summed E-state index contributed by atoms with van der Waals surface area (Å²) in [7, 11) is 0. The zero-order valence-electron chi connectivity index (χ0n) is 8.24. The average Bonchev–Trinajstić information content (AvgIpc) is 2.26. The molecule has 0 heterocycles. The van der Waals surface area contributed by atoms with Gasteiger partial charge in [0.05, 0.1) is 0 Å². The van der Waals surface area contributed by atoms with Crippen molar-refractivity contribution in [3.05, 3.63) is 47.0 Å². The Kier molecular flexibility index (Phi) is 4.52. The first kappa shape index (κ1) is 11.9. The fourth-order valence-corrected chi connectivity index (χ4v) is 1.24. The van der Waals surface area contributed by atoms with Crippen molar-refractivity contribution >= 4 is 21.8 Å². The molecule has 1 atom stereocenters. The molecule has 3 nitrogen and oxygen atoms in total. The van der Waals surface area contributed by atoms with Gasteiger partial charge in [-0.25, -0.2) is 0 Å². The summed E-state index contributed by atoms with van der Waals surface area (Å²) in [4.78, 5) is 11.5. The highest BCUT2D eigenvalue weighted by atomic mass is 79.9. The van der Waals surface area contributed by atoms with Gasteiger partial charge in [-0.15, -0.1) is 0 Å². The first-order valence-electron chi connectivity index (χ1n) is 4.53. The van der Waals surface area contributed by atoms with Crippen LogP contribution in [0.5, 0.6) is 0 Å². The van der Waals surface area contributed by atoms with Crippen LogP contribution in [0.3, 0.4) is 0 Å². The van der Waals surface area contributed by atoms with Gasteiger partial charge in [-0.3, -0.25) is 4.79 Å². The number of rotatable bonds is 4. The number of nitrogens with one attached hydrogen (secondary N) is 1. The van der Waals surface area contributed by atoms with Crippen LogP contribution < -0.4 is 11.1 Å². The van der Waals surface area contributed by atoms with Gasteiger partial charge >= 0.3 is 0 Å². The third-order valence-corrected chi connectivity index (χ3v) is 2.18. The van der Waals surface area contributed by atoms with E-state index in [-0.39, 0.29) is 5.91 Å². The van der Waals surface area contributed by atoms with Crippen molar-refractivity contribution in [1.82, 2.24) is 5.32 Å². The van der Waals surface area contributed by atoms with E-state index in [1.807, 2.05) is 30.3 Å². The Labute approximate surface area is 97.5 Å². The molecule has 0 aliphatic carbocycles. The summed E-state index contributed by atoms with van der Waals surface area (Å²) >= 11 is 3.16. The fraction of sp³-hybridized carbons (Fsp3) is 0.182. The Balaban J connectivity index is 2.57. The maximum absolute atomic E-state index is 11.5. The zero-order chi connectivity index (χ0) is 11.3. The molecule has 15 heavy (non-hydrogen) atoms. The van der Waals surface area contributed by atoms with E-state index in [2.05, 4.69) is 27.8 Å². The van der Waals surface area contributed by atoms with Crippen LogP contribution in [0.1, 0.15) is 11.6 Å². The second kappa shape index (κ2) is 5.68. The molecule has 0 saturated heterocycles. The van der Waals surface area contributed by atoms with Crippen molar-refractivity contribution in [3.63, 3.8) is 0 Å². The van der Waals surface area contributed by atoms with Crippen molar-refractivity contribution in [1.29, 1.82) is 0 Å². The van der Waals surface area contributed by atoms with Crippen LogP contribution in [0.25, 0.3) is 0 Å². The summed E-state index contributed by atoms with van der Waals surface area (Å²) in [6.07, 6.45) is 0. The summed E-state index contributed by atoms with van der Waals surface area (Å²) in [5.74, 6) is -0.207. The first-order chi connectivity index (χ1) is 7.11. The second-order valence-corrected chi connectivity index (χ2v) is 4.24. The number of nitrogens with two attached hydrogens (primary N) is 1. The lowest BCUT2D eigenvalue weighted by molar-refractivity contribution is -0.122. The van der Waals surface area contributed by atoms with Crippen LogP contribution in [-0.2, 0) is 4.79 Å². The summed E-state index contributed by atoms with van der Waals surface area (Å²) in [5.41, 5.74) is 6.57. The van der Waals surface area contributed by atoms with Crippen LogP contribution in [-0.4, -0.2) is 12.5 Å². The molecule has 0 fully saturated rings. The molecule has 0 radical (unpaired) electrons. The highest BCUT2D eigenvalue weighted by Crippen LogP contribution is 2.09. The van der Waals surface area contributed by atoms with Gasteiger partial charge in [-0.05, 0) is 5.56 Å². The van der Waals surface area contributed by atoms with Gasteiger partial charge in [0.1, 0.15) is 6.04 Å². The predicted molar refractivity (Wildman–Crippen MR) is 64.4 cm³/mol. The van der Waals surface area contributed by atoms with Gasteiger partial charge in [-0.2, -0.15) is 0 Å². The largest absolute Gasteiger partial charge is 0.350 e. The Morgan fingerprint density at radius 2 is 2.07 bits per heavy atom. The molecule has 0 aliphatic rings. The maximum atomic E-state index is 11.5. The normalized spacial score (nSPS) is 11.9. The number of amides is 1. The third-order valence-electron chi connectivity index (χ3n) is 1.90. The zero-order valence-corrected chi connectivity index (χ0v) is 9.83. The Bertz CT molecular complexity index is 351. The molecular formula is C11H13BrN2O. The van der Waals surface area contributed by atoms with Gasteiger partial charge in [0.2, 0.25) is 5.91 Å². The molecular weight excluding hydrogens is 256 g/mol. The lowest BCUT2D eigenvalue weighted by Crippen LogP contribution is -2.34. The van der Waals surface area contributed by atoms with Crippen LogP contribution in [0.15, 0.2) is 41.4 Å². The van der Waals surface area contributed by atoms with E-state index in [1.54, 1.807) is 0 Å². The molecule has 0 aromatic heterocycles. The highest BCUT2D eigenvalue weighted by Gasteiger charge is 2.14. The van der Waals surface area contributed by atoms with Crippen molar-refractivity contribution in [2.45, 2.75) is 6.04 Å². The lowest BCUT2D eigenvalue weighted by Gasteiger charge is -2.11. The topological polar surface area (TPSA) is 55.1 Å². The lowest BCUT2D eigenvalue weighted by atomic mass is 10.1. The summed E-state index contributed by atoms with van der Waals surface area (Å²) in [6.45, 7) is 4.01. The minimum absolute atomic E-state index is 0.207. The second-order valence-electron chi connectivity index (χ2n) is 3.12. The molecule has 1 amide bonds. The minimum atomic E-state index is -0.627. The van der Waals surface area contributed by atoms with Crippen molar-refractivity contribution in [2.24, 2.45) is 5.73 Å². The number of hydrogen-bond acceptors (Lipinski definition) is 2. The van der Waals surface area contributed by atoms with Crippen molar-refractivity contribution in [2.75, 3.05) is 6.54 Å². The van der Waals surface area contributed by atoms with Crippen LogP contribution in [0, 0.1) is 0 Å². The van der Waals surface area contributed by atoms with Crippen LogP contribution >= 0.6 is 15.9 Å². The quantitative estimate of drug-likeness (QED) is 0.874. The van der Waals surface area contributed by atoms with Gasteiger partial charge in [0.15, 0.2) is 0 Å². The molecule has 1 unspecified atom stereocenters. The first-order valence-corrected chi connectivity index (χ1v) is 5.32. The molecule has 0 aliphatic heterocycles. The molecule has 3 N–H and O–H groups in total. The van der Waals surface area contributed by atoms with E-state index in [0.717, 1.165) is 10.0 Å². The molecule has 0 saturated carbocycles. The summed E-state index contributed by atoms with van der Waals surface area (Å²) < 4.78 is 0.719. The number of carbonyl (C=O) groups is 1. The molecule has 1 aromatic rings. The predicted octanol–water partition coefficient (Wildman–Crippen LogP) is 1.71. The van der Waals surface area contributed by atoms with E-state index in [1.165, 1.54) is 0 Å². The third kappa shape index (κ3) is 3.85.